The zero-order valence-electron chi connectivity index (χ0n) is 6.11. The van der Waals surface area contributed by atoms with Gasteiger partial charge in [0.15, 0.2) is 0 Å². The molecular weight excluding hydrogens is 156 g/mol. The van der Waals surface area contributed by atoms with E-state index in [0.717, 1.165) is 0 Å². The molecule has 0 atom stereocenters. The largest absolute Gasteiger partial charge is 0.478 e. The molecule has 0 aliphatic rings. The van der Waals surface area contributed by atoms with Gasteiger partial charge in [0, 0.05) is 11.3 Å². The predicted molar refractivity (Wildman–Crippen MR) is 44.1 cm³/mol. The lowest BCUT2D eigenvalue weighted by Crippen LogP contribution is -1.96. The molecule has 1 aromatic rings. The van der Waals surface area contributed by atoms with Gasteiger partial charge in [0.1, 0.15) is 0 Å². The number of aromatic carboxylic acids is 1. The first kappa shape index (κ1) is 8.08. The van der Waals surface area contributed by atoms with Gasteiger partial charge in [0.25, 0.3) is 0 Å². The third kappa shape index (κ3) is 1.35. The fourth-order valence-corrected chi connectivity index (χ4v) is 0.774. The molecule has 0 aliphatic heterocycles. The van der Waals surface area contributed by atoms with Crippen molar-refractivity contribution in [3.63, 3.8) is 0 Å². The quantitative estimate of drug-likeness (QED) is 0.486. The van der Waals surface area contributed by atoms with Crippen LogP contribution in [0.4, 0.5) is 11.4 Å². The molecular formula is C8H6N2O2. The number of carboxylic acid groups (broad SMARTS) is 1. The Balaban J connectivity index is 3.25. The summed E-state index contributed by atoms with van der Waals surface area (Å²) in [4.78, 5) is 13.5. The molecule has 0 fully saturated rings. The van der Waals surface area contributed by atoms with Crippen LogP contribution in [0.2, 0.25) is 0 Å². The molecule has 4 heteroatoms. The van der Waals surface area contributed by atoms with Gasteiger partial charge >= 0.3 is 5.97 Å². The van der Waals surface area contributed by atoms with Gasteiger partial charge in [-0.05, 0) is 18.2 Å². The molecule has 4 nitrogen and oxygen atoms in total. The normalized spacial score (nSPS) is 8.92. The van der Waals surface area contributed by atoms with Crippen LogP contribution in [0, 0.1) is 6.57 Å². The summed E-state index contributed by atoms with van der Waals surface area (Å²) >= 11 is 0. The SMILES string of the molecule is [C-]#[N+]c1cc(C(=O)O)ccc1N. The number of anilines is 1. The Hall–Kier alpha value is -2.02. The highest BCUT2D eigenvalue weighted by Crippen LogP contribution is 2.22. The van der Waals surface area contributed by atoms with E-state index >= 15 is 0 Å². The molecule has 12 heavy (non-hydrogen) atoms. The number of rotatable bonds is 1. The number of carboxylic acids is 1. The van der Waals surface area contributed by atoms with Crippen molar-refractivity contribution in [2.24, 2.45) is 0 Å². The van der Waals surface area contributed by atoms with Gasteiger partial charge in [0.05, 0.1) is 6.57 Å². The fraction of sp³-hybridized carbons (Fsp3) is 0. The summed E-state index contributed by atoms with van der Waals surface area (Å²) in [6, 6.07) is 4.04. The van der Waals surface area contributed by atoms with E-state index in [1.807, 2.05) is 0 Å². The Morgan fingerprint density at radius 2 is 2.25 bits per heavy atom. The van der Waals surface area contributed by atoms with Gasteiger partial charge in [-0.15, -0.1) is 0 Å². The molecule has 1 aromatic carbocycles. The van der Waals surface area contributed by atoms with Crippen molar-refractivity contribution in [2.45, 2.75) is 0 Å². The topological polar surface area (TPSA) is 67.7 Å². The summed E-state index contributed by atoms with van der Waals surface area (Å²) in [6.07, 6.45) is 0. The molecule has 1 rings (SSSR count). The highest BCUT2D eigenvalue weighted by Gasteiger charge is 2.05. The lowest BCUT2D eigenvalue weighted by Gasteiger charge is -1.97. The maximum Gasteiger partial charge on any atom is 0.334 e. The van der Waals surface area contributed by atoms with E-state index in [-0.39, 0.29) is 11.3 Å². The van der Waals surface area contributed by atoms with Gasteiger partial charge in [0.2, 0.25) is 5.69 Å². The van der Waals surface area contributed by atoms with E-state index in [1.165, 1.54) is 18.2 Å². The van der Waals surface area contributed by atoms with Crippen LogP contribution in [-0.4, -0.2) is 11.1 Å². The number of nitrogen functional groups attached to an aromatic ring is 1. The highest BCUT2D eigenvalue weighted by atomic mass is 16.4. The molecule has 0 heterocycles. The highest BCUT2D eigenvalue weighted by molar-refractivity contribution is 5.90. The van der Waals surface area contributed by atoms with Crippen LogP contribution < -0.4 is 5.73 Å². The zero-order chi connectivity index (χ0) is 9.14. The Morgan fingerprint density at radius 3 is 2.75 bits per heavy atom. The number of hydrogen-bond donors (Lipinski definition) is 2. The average Bonchev–Trinajstić information content (AvgIpc) is 2.05. The van der Waals surface area contributed by atoms with Crippen LogP contribution in [0.15, 0.2) is 18.2 Å². The average molecular weight is 162 g/mol. The van der Waals surface area contributed by atoms with Crippen LogP contribution in [0.5, 0.6) is 0 Å². The molecule has 0 spiro atoms. The second-order valence-corrected chi connectivity index (χ2v) is 2.19. The molecule has 3 N–H and O–H groups in total. The van der Waals surface area contributed by atoms with Crippen molar-refractivity contribution in [1.82, 2.24) is 0 Å². The summed E-state index contributed by atoms with van der Waals surface area (Å²) in [5.41, 5.74) is 5.95. The first-order chi connectivity index (χ1) is 5.65. The molecule has 0 unspecified atom stereocenters. The van der Waals surface area contributed by atoms with Crippen molar-refractivity contribution < 1.29 is 9.90 Å². The number of nitrogens with zero attached hydrogens (tertiary/aromatic N) is 1. The van der Waals surface area contributed by atoms with Gasteiger partial charge in [-0.3, -0.25) is 0 Å². The Kier molecular flexibility index (Phi) is 1.97. The second-order valence-electron chi connectivity index (χ2n) is 2.19. The first-order valence-electron chi connectivity index (χ1n) is 3.15. The smallest absolute Gasteiger partial charge is 0.334 e. The molecule has 0 saturated heterocycles. The molecule has 0 amide bonds. The van der Waals surface area contributed by atoms with Crippen molar-refractivity contribution in [3.8, 4) is 0 Å². The van der Waals surface area contributed by atoms with Crippen LogP contribution >= 0.6 is 0 Å². The number of benzene rings is 1. The zero-order valence-corrected chi connectivity index (χ0v) is 6.11. The Morgan fingerprint density at radius 1 is 1.58 bits per heavy atom. The third-order valence-electron chi connectivity index (χ3n) is 1.40. The minimum absolute atomic E-state index is 0.0789. The Labute approximate surface area is 69.1 Å². The van der Waals surface area contributed by atoms with Crippen molar-refractivity contribution in [1.29, 1.82) is 0 Å². The van der Waals surface area contributed by atoms with E-state index in [2.05, 4.69) is 4.85 Å². The van der Waals surface area contributed by atoms with E-state index in [0.29, 0.717) is 5.69 Å². The molecule has 60 valence electrons. The predicted octanol–water partition coefficient (Wildman–Crippen LogP) is 1.52. The number of carbonyl (C=O) groups is 1. The van der Waals surface area contributed by atoms with Crippen LogP contribution in [-0.2, 0) is 0 Å². The molecule has 0 bridgehead atoms. The standard InChI is InChI=1S/C8H6N2O2/c1-10-7-4-5(8(11)12)2-3-6(7)9/h2-4H,9H2,(H,11,12). The van der Waals surface area contributed by atoms with Gasteiger partial charge in [-0.25, -0.2) is 9.64 Å². The Bertz CT molecular complexity index is 366. The summed E-state index contributed by atoms with van der Waals surface area (Å²) in [7, 11) is 0. The van der Waals surface area contributed by atoms with E-state index in [1.54, 1.807) is 0 Å². The summed E-state index contributed by atoms with van der Waals surface area (Å²) in [5.74, 6) is -1.06. The van der Waals surface area contributed by atoms with E-state index in [9.17, 15) is 4.79 Å². The summed E-state index contributed by atoms with van der Waals surface area (Å²) in [6.45, 7) is 6.67. The van der Waals surface area contributed by atoms with Crippen LogP contribution in [0.3, 0.4) is 0 Å². The fourth-order valence-electron chi connectivity index (χ4n) is 0.774. The second kappa shape index (κ2) is 2.93. The van der Waals surface area contributed by atoms with Gasteiger partial charge < -0.3 is 10.8 Å². The number of nitrogens with two attached hydrogens (primary N) is 1. The van der Waals surface area contributed by atoms with Crippen molar-refractivity contribution >= 4 is 17.3 Å². The van der Waals surface area contributed by atoms with Crippen LogP contribution in [0.25, 0.3) is 4.85 Å². The maximum absolute atomic E-state index is 10.4. The monoisotopic (exact) mass is 162 g/mol. The third-order valence-corrected chi connectivity index (χ3v) is 1.40. The van der Waals surface area contributed by atoms with Crippen LogP contribution in [0.1, 0.15) is 10.4 Å². The molecule has 0 aliphatic carbocycles. The minimum atomic E-state index is -1.06. The lowest BCUT2D eigenvalue weighted by atomic mass is 10.2. The summed E-state index contributed by atoms with van der Waals surface area (Å²) < 4.78 is 0. The maximum atomic E-state index is 10.4. The minimum Gasteiger partial charge on any atom is -0.478 e. The van der Waals surface area contributed by atoms with Crippen molar-refractivity contribution in [2.75, 3.05) is 5.73 Å². The van der Waals surface area contributed by atoms with Gasteiger partial charge in [-0.1, -0.05) is 0 Å². The molecule has 0 radical (unpaired) electrons. The number of hydrogen-bond acceptors (Lipinski definition) is 2. The summed E-state index contributed by atoms with van der Waals surface area (Å²) in [5, 5.41) is 8.55. The van der Waals surface area contributed by atoms with Gasteiger partial charge in [-0.2, -0.15) is 0 Å². The van der Waals surface area contributed by atoms with E-state index < -0.39 is 5.97 Å². The first-order valence-corrected chi connectivity index (χ1v) is 3.15. The van der Waals surface area contributed by atoms with Crippen molar-refractivity contribution in [3.05, 3.63) is 35.2 Å². The lowest BCUT2D eigenvalue weighted by molar-refractivity contribution is 0.0697. The van der Waals surface area contributed by atoms with E-state index in [4.69, 9.17) is 17.4 Å². The molecule has 0 aromatic heterocycles. The molecule has 0 saturated carbocycles.